The van der Waals surface area contributed by atoms with Gasteiger partial charge >= 0.3 is 0 Å². The summed E-state index contributed by atoms with van der Waals surface area (Å²) >= 11 is 0. The number of imidazole rings is 1. The number of Topliss-reactive ketones (excluding diaryl/α,β-unsaturated/α-hetero) is 2. The molecular formula is C18H15FN2O2. The van der Waals surface area contributed by atoms with Crippen molar-refractivity contribution in [3.63, 3.8) is 0 Å². The van der Waals surface area contributed by atoms with Gasteiger partial charge in [-0.15, -0.1) is 0 Å². The molecule has 23 heavy (non-hydrogen) atoms. The number of nitrogens with zero attached hydrogens (tertiary/aromatic N) is 2. The molecule has 0 bridgehead atoms. The summed E-state index contributed by atoms with van der Waals surface area (Å²) in [5.74, 6) is -0.826. The number of aromatic nitrogens is 2. The number of allylic oxidation sites excluding steroid dienone is 2. The zero-order valence-electron chi connectivity index (χ0n) is 12.7. The minimum atomic E-state index is -0.629. The number of carbonyl (C=O) groups is 2. The van der Waals surface area contributed by atoms with Crippen LogP contribution in [0.1, 0.15) is 27.6 Å². The number of halogens is 1. The summed E-state index contributed by atoms with van der Waals surface area (Å²) in [5.41, 5.74) is 2.16. The molecule has 5 heteroatoms. The van der Waals surface area contributed by atoms with Crippen molar-refractivity contribution in [3.05, 3.63) is 71.6 Å². The van der Waals surface area contributed by atoms with Crippen molar-refractivity contribution in [3.8, 4) is 0 Å². The molecule has 0 unspecified atom stereocenters. The predicted molar refractivity (Wildman–Crippen MR) is 84.5 cm³/mol. The van der Waals surface area contributed by atoms with Gasteiger partial charge in [-0.05, 0) is 24.1 Å². The van der Waals surface area contributed by atoms with Crippen LogP contribution in [0.2, 0.25) is 0 Å². The van der Waals surface area contributed by atoms with Crippen LogP contribution in [0.5, 0.6) is 0 Å². The zero-order valence-corrected chi connectivity index (χ0v) is 12.7. The van der Waals surface area contributed by atoms with Crippen molar-refractivity contribution in [2.75, 3.05) is 0 Å². The number of carbonyl (C=O) groups excluding carboxylic acids is 2. The van der Waals surface area contributed by atoms with Gasteiger partial charge in [0.1, 0.15) is 23.0 Å². The maximum atomic E-state index is 12.9. The number of fused-ring (bicyclic) bond motifs is 1. The highest BCUT2D eigenvalue weighted by Crippen LogP contribution is 2.30. The molecule has 0 N–H and O–H groups in total. The van der Waals surface area contributed by atoms with Crippen molar-refractivity contribution in [2.45, 2.75) is 12.8 Å². The van der Waals surface area contributed by atoms with Crippen LogP contribution in [0.25, 0.3) is 5.57 Å². The molecular weight excluding hydrogens is 295 g/mol. The quantitative estimate of drug-likeness (QED) is 0.647. The Bertz CT molecular complexity index is 860. The van der Waals surface area contributed by atoms with E-state index in [0.717, 1.165) is 5.56 Å². The highest BCUT2D eigenvalue weighted by atomic mass is 19.1. The standard InChI is InChI=1S/C18H15FN2O2/c1-10-11(2)17(22)18(23)16-15(10)20-14(21(16)3)9-6-12-4-7-13(19)8-5-12/h4-5,7-8H,1-2,6,9H2,3H3. The molecule has 116 valence electrons. The Morgan fingerprint density at radius 1 is 1.04 bits per heavy atom. The second-order valence-corrected chi connectivity index (χ2v) is 5.53. The van der Waals surface area contributed by atoms with Crippen molar-refractivity contribution in [1.82, 2.24) is 9.55 Å². The maximum Gasteiger partial charge on any atom is 0.252 e. The summed E-state index contributed by atoms with van der Waals surface area (Å²) in [5, 5.41) is 0. The molecule has 0 amide bonds. The van der Waals surface area contributed by atoms with Crippen molar-refractivity contribution in [1.29, 1.82) is 0 Å². The lowest BCUT2D eigenvalue weighted by Gasteiger charge is -2.14. The van der Waals surface area contributed by atoms with Crippen LogP contribution in [-0.2, 0) is 24.7 Å². The first kappa shape index (κ1) is 15.1. The molecule has 2 aromatic rings. The van der Waals surface area contributed by atoms with Crippen LogP contribution in [0, 0.1) is 5.82 Å². The van der Waals surface area contributed by atoms with Gasteiger partial charge in [-0.1, -0.05) is 25.3 Å². The van der Waals surface area contributed by atoms with Crippen LogP contribution >= 0.6 is 0 Å². The summed E-state index contributed by atoms with van der Waals surface area (Å²) in [7, 11) is 1.71. The fraction of sp³-hybridized carbons (Fsp3) is 0.167. The minimum absolute atomic E-state index is 0.102. The summed E-state index contributed by atoms with van der Waals surface area (Å²) in [4.78, 5) is 28.5. The molecule has 0 spiro atoms. The van der Waals surface area contributed by atoms with Gasteiger partial charge in [-0.2, -0.15) is 0 Å². The highest BCUT2D eigenvalue weighted by Gasteiger charge is 2.35. The smallest absolute Gasteiger partial charge is 0.252 e. The van der Waals surface area contributed by atoms with Crippen molar-refractivity contribution < 1.29 is 14.0 Å². The largest absolute Gasteiger partial charge is 0.328 e. The van der Waals surface area contributed by atoms with E-state index < -0.39 is 11.6 Å². The Labute approximate surface area is 133 Å². The molecule has 1 aromatic heterocycles. The summed E-state index contributed by atoms with van der Waals surface area (Å²) in [6, 6.07) is 6.25. The van der Waals surface area contributed by atoms with Crippen LogP contribution in [-0.4, -0.2) is 21.1 Å². The maximum absolute atomic E-state index is 12.9. The monoisotopic (exact) mass is 310 g/mol. The molecule has 1 aliphatic rings. The number of rotatable bonds is 3. The van der Waals surface area contributed by atoms with Crippen molar-refractivity contribution in [2.24, 2.45) is 7.05 Å². The van der Waals surface area contributed by atoms with Gasteiger partial charge < -0.3 is 4.57 Å². The SMILES string of the molecule is C=C1C(=C)c2nc(CCc3ccc(F)cc3)n(C)c2C(=O)C1=O. The average Bonchev–Trinajstić information content (AvgIpc) is 2.87. The number of ketones is 2. The molecule has 0 radical (unpaired) electrons. The zero-order chi connectivity index (χ0) is 16.7. The van der Waals surface area contributed by atoms with E-state index >= 15 is 0 Å². The van der Waals surface area contributed by atoms with E-state index in [1.165, 1.54) is 12.1 Å². The molecule has 3 rings (SSSR count). The fourth-order valence-corrected chi connectivity index (χ4v) is 2.67. The van der Waals surface area contributed by atoms with Gasteiger partial charge in [0.15, 0.2) is 0 Å². The van der Waals surface area contributed by atoms with Gasteiger partial charge in [0.25, 0.3) is 5.78 Å². The number of hydrogen-bond donors (Lipinski definition) is 0. The van der Waals surface area contributed by atoms with E-state index in [0.29, 0.717) is 29.9 Å². The average molecular weight is 310 g/mol. The van der Waals surface area contributed by atoms with E-state index in [1.807, 2.05) is 0 Å². The first-order valence-corrected chi connectivity index (χ1v) is 7.17. The van der Waals surface area contributed by atoms with Crippen molar-refractivity contribution >= 4 is 17.1 Å². The summed E-state index contributed by atoms with van der Waals surface area (Å²) < 4.78 is 14.6. The van der Waals surface area contributed by atoms with Gasteiger partial charge in [-0.3, -0.25) is 9.59 Å². The highest BCUT2D eigenvalue weighted by molar-refractivity contribution is 6.54. The molecule has 0 saturated carbocycles. The Kier molecular flexibility index (Phi) is 3.56. The second-order valence-electron chi connectivity index (χ2n) is 5.53. The lowest BCUT2D eigenvalue weighted by molar-refractivity contribution is -0.111. The van der Waals surface area contributed by atoms with E-state index in [-0.39, 0.29) is 17.1 Å². The fourth-order valence-electron chi connectivity index (χ4n) is 2.67. The molecule has 0 aliphatic heterocycles. The lowest BCUT2D eigenvalue weighted by atomic mass is 9.90. The van der Waals surface area contributed by atoms with Gasteiger partial charge in [0.2, 0.25) is 5.78 Å². The molecule has 0 fully saturated rings. The third-order valence-electron chi connectivity index (χ3n) is 4.08. The first-order chi connectivity index (χ1) is 10.9. The molecule has 0 saturated heterocycles. The van der Waals surface area contributed by atoms with E-state index in [2.05, 4.69) is 18.1 Å². The predicted octanol–water partition coefficient (Wildman–Crippen LogP) is 2.68. The Hall–Kier alpha value is -2.82. The summed E-state index contributed by atoms with van der Waals surface area (Å²) in [6.07, 6.45) is 1.22. The minimum Gasteiger partial charge on any atom is -0.328 e. The van der Waals surface area contributed by atoms with Gasteiger partial charge in [0.05, 0.1) is 0 Å². The molecule has 4 nitrogen and oxygen atoms in total. The number of hydrogen-bond acceptors (Lipinski definition) is 3. The van der Waals surface area contributed by atoms with Crippen LogP contribution in [0.3, 0.4) is 0 Å². The first-order valence-electron chi connectivity index (χ1n) is 7.17. The topological polar surface area (TPSA) is 52.0 Å². The van der Waals surface area contributed by atoms with E-state index in [4.69, 9.17) is 0 Å². The van der Waals surface area contributed by atoms with E-state index in [9.17, 15) is 14.0 Å². The molecule has 0 atom stereocenters. The Balaban J connectivity index is 1.91. The van der Waals surface area contributed by atoms with Crippen LogP contribution in [0.15, 0.2) is 43.0 Å². The Morgan fingerprint density at radius 3 is 2.35 bits per heavy atom. The summed E-state index contributed by atoms with van der Waals surface area (Å²) in [6.45, 7) is 7.43. The molecule has 1 heterocycles. The van der Waals surface area contributed by atoms with Crippen LogP contribution in [0.4, 0.5) is 4.39 Å². The third-order valence-corrected chi connectivity index (χ3v) is 4.08. The molecule has 1 aliphatic carbocycles. The lowest BCUT2D eigenvalue weighted by Crippen LogP contribution is -2.25. The third kappa shape index (κ3) is 2.44. The van der Waals surface area contributed by atoms with Gasteiger partial charge in [0, 0.05) is 24.6 Å². The van der Waals surface area contributed by atoms with Gasteiger partial charge in [-0.25, -0.2) is 9.37 Å². The second kappa shape index (κ2) is 5.43. The van der Waals surface area contributed by atoms with E-state index in [1.54, 1.807) is 23.7 Å². The number of aryl methyl sites for hydroxylation is 2. The molecule has 1 aromatic carbocycles. The normalized spacial score (nSPS) is 14.3. The number of benzene rings is 1. The van der Waals surface area contributed by atoms with Crippen LogP contribution < -0.4 is 0 Å². The Morgan fingerprint density at radius 2 is 1.70 bits per heavy atom.